The van der Waals surface area contributed by atoms with E-state index in [4.69, 9.17) is 14.6 Å². The molecule has 1 rings (SSSR count). The Morgan fingerprint density at radius 1 is 1.15 bits per heavy atom. The van der Waals surface area contributed by atoms with E-state index in [1.54, 1.807) is 34.3 Å². The number of nitrogens with zero attached hydrogens (tertiary/aromatic N) is 1. The Balaban J connectivity index is 2.42. The lowest BCUT2D eigenvalue weighted by Crippen LogP contribution is -2.27. The Morgan fingerprint density at radius 3 is 2.42 bits per heavy atom. The minimum atomic E-state index is -0.973. The molecule has 1 N–H and O–H groups in total. The molecule has 6 nitrogen and oxygen atoms in total. The van der Waals surface area contributed by atoms with Crippen molar-refractivity contribution >= 4 is 34.7 Å². The highest BCUT2D eigenvalue weighted by molar-refractivity contribution is 14.1. The van der Waals surface area contributed by atoms with Crippen LogP contribution in [0.3, 0.4) is 0 Å². The summed E-state index contributed by atoms with van der Waals surface area (Å²) in [7, 11) is 0. The molecule has 1 aromatic carbocycles. The molecule has 1 unspecified atom stereocenters. The summed E-state index contributed by atoms with van der Waals surface area (Å²) in [5.74, 6) is -0.450. The van der Waals surface area contributed by atoms with Crippen LogP contribution in [0.1, 0.15) is 45.1 Å². The number of halogens is 1. The average molecular weight is 477 g/mol. The number of aliphatic carboxylic acids is 1. The van der Waals surface area contributed by atoms with Crippen LogP contribution in [0.5, 0.6) is 5.75 Å². The van der Waals surface area contributed by atoms with Crippen molar-refractivity contribution in [2.75, 3.05) is 19.8 Å². The van der Waals surface area contributed by atoms with Crippen LogP contribution in [0.25, 0.3) is 0 Å². The monoisotopic (exact) mass is 477 g/mol. The van der Waals surface area contributed by atoms with Gasteiger partial charge in [0, 0.05) is 19.6 Å². The van der Waals surface area contributed by atoms with E-state index in [2.05, 4.69) is 6.92 Å². The van der Waals surface area contributed by atoms with Crippen LogP contribution in [0.2, 0.25) is 0 Å². The summed E-state index contributed by atoms with van der Waals surface area (Å²) in [6.07, 6.45) is 3.93. The molecule has 0 aliphatic carbocycles. The number of carbonyl (C=O) groups is 2. The number of hydrogen-bond donors (Lipinski definition) is 1. The fourth-order valence-electron chi connectivity index (χ4n) is 2.37. The lowest BCUT2D eigenvalue weighted by molar-refractivity contribution is -0.150. The topological polar surface area (TPSA) is 76.1 Å². The van der Waals surface area contributed by atoms with Gasteiger partial charge < -0.3 is 14.6 Å². The smallest absolute Gasteiger partial charge is 0.333 e. The zero-order chi connectivity index (χ0) is 19.4. The van der Waals surface area contributed by atoms with Gasteiger partial charge in [0.05, 0.1) is 22.9 Å². The van der Waals surface area contributed by atoms with Gasteiger partial charge in [-0.1, -0.05) is 38.3 Å². The predicted molar refractivity (Wildman–Crippen MR) is 109 cm³/mol. The number of unbranched alkanes of at least 4 members (excludes halogenated alkanes) is 3. The summed E-state index contributed by atoms with van der Waals surface area (Å²) >= 11 is 2.03. The van der Waals surface area contributed by atoms with Crippen LogP contribution in [0.15, 0.2) is 24.3 Å². The first-order chi connectivity index (χ1) is 12.5. The normalized spacial score (nSPS) is 11.8. The highest BCUT2D eigenvalue weighted by atomic mass is 127. The summed E-state index contributed by atoms with van der Waals surface area (Å²) < 4.78 is 12.4. The van der Waals surface area contributed by atoms with Crippen molar-refractivity contribution in [2.45, 2.75) is 52.1 Å². The maximum Gasteiger partial charge on any atom is 0.333 e. The minimum Gasteiger partial charge on any atom is -0.484 e. The highest BCUT2D eigenvalue weighted by Crippen LogP contribution is 2.15. The Kier molecular flexibility index (Phi) is 11.3. The van der Waals surface area contributed by atoms with Gasteiger partial charge >= 0.3 is 5.97 Å². The number of hydrogen-bond acceptors (Lipinski definition) is 4. The van der Waals surface area contributed by atoms with Gasteiger partial charge in [-0.2, -0.15) is 0 Å². The van der Waals surface area contributed by atoms with E-state index in [9.17, 15) is 9.59 Å². The number of amides is 1. The molecule has 0 heterocycles. The first kappa shape index (κ1) is 22.7. The third kappa shape index (κ3) is 8.84. The maximum absolute atomic E-state index is 12.1. The molecule has 26 heavy (non-hydrogen) atoms. The Hall–Kier alpha value is -1.35. The first-order valence-electron chi connectivity index (χ1n) is 9.00. The molecule has 146 valence electrons. The van der Waals surface area contributed by atoms with Gasteiger partial charge in [-0.05, 0) is 31.0 Å². The summed E-state index contributed by atoms with van der Waals surface area (Å²) in [5.41, 5.74) is 0.843. The number of carbonyl (C=O) groups excluding carboxylic acids is 1. The molecule has 0 bridgehead atoms. The summed E-state index contributed by atoms with van der Waals surface area (Å²) in [5, 5.41) is 9.12. The van der Waals surface area contributed by atoms with Crippen molar-refractivity contribution in [3.05, 3.63) is 29.8 Å². The van der Waals surface area contributed by atoms with Crippen LogP contribution in [-0.2, 0) is 20.7 Å². The van der Waals surface area contributed by atoms with Crippen LogP contribution in [0.4, 0.5) is 0 Å². The molecule has 0 spiro atoms. The summed E-state index contributed by atoms with van der Waals surface area (Å²) in [4.78, 5) is 23.2. The van der Waals surface area contributed by atoms with E-state index < -0.39 is 12.1 Å². The maximum atomic E-state index is 12.1. The summed E-state index contributed by atoms with van der Waals surface area (Å²) in [6.45, 7) is 5.00. The van der Waals surface area contributed by atoms with Crippen molar-refractivity contribution in [2.24, 2.45) is 0 Å². The molecular weight excluding hydrogens is 449 g/mol. The van der Waals surface area contributed by atoms with Crippen molar-refractivity contribution in [1.82, 2.24) is 3.11 Å². The highest BCUT2D eigenvalue weighted by Gasteiger charge is 2.18. The number of carboxylic acid groups (broad SMARTS) is 1. The molecule has 0 aromatic heterocycles. The van der Waals surface area contributed by atoms with E-state index in [1.165, 1.54) is 12.8 Å². The minimum absolute atomic E-state index is 0.00718. The Morgan fingerprint density at radius 2 is 1.85 bits per heavy atom. The lowest BCUT2D eigenvalue weighted by atomic mass is 10.1. The van der Waals surface area contributed by atoms with Crippen LogP contribution >= 0.6 is 22.9 Å². The van der Waals surface area contributed by atoms with E-state index >= 15 is 0 Å². The molecule has 0 fully saturated rings. The third-order valence-corrected chi connectivity index (χ3v) is 4.85. The summed E-state index contributed by atoms with van der Waals surface area (Å²) in [6, 6.07) is 7.07. The first-order valence-corrected chi connectivity index (χ1v) is 9.96. The average Bonchev–Trinajstić information content (AvgIpc) is 2.63. The molecule has 0 radical (unpaired) electrons. The van der Waals surface area contributed by atoms with Gasteiger partial charge in [0.25, 0.3) is 5.91 Å². The second kappa shape index (κ2) is 12.9. The van der Waals surface area contributed by atoms with Crippen molar-refractivity contribution in [1.29, 1.82) is 0 Å². The molecule has 0 aliphatic heterocycles. The molecule has 7 heteroatoms. The van der Waals surface area contributed by atoms with Gasteiger partial charge in [0.15, 0.2) is 12.7 Å². The van der Waals surface area contributed by atoms with Crippen molar-refractivity contribution in [3.8, 4) is 5.75 Å². The zero-order valence-corrected chi connectivity index (χ0v) is 17.6. The fraction of sp³-hybridized carbons (Fsp3) is 0.579. The largest absolute Gasteiger partial charge is 0.484 e. The molecule has 0 aliphatic rings. The second-order valence-electron chi connectivity index (χ2n) is 5.96. The van der Waals surface area contributed by atoms with Crippen LogP contribution < -0.4 is 4.74 Å². The molecule has 1 atom stereocenters. The third-order valence-electron chi connectivity index (χ3n) is 3.83. The van der Waals surface area contributed by atoms with Gasteiger partial charge in [-0.3, -0.25) is 7.91 Å². The van der Waals surface area contributed by atoms with Gasteiger partial charge in [0.1, 0.15) is 5.75 Å². The van der Waals surface area contributed by atoms with Crippen molar-refractivity contribution in [3.63, 3.8) is 0 Å². The van der Waals surface area contributed by atoms with E-state index in [1.807, 2.05) is 22.9 Å². The predicted octanol–water partition coefficient (Wildman–Crippen LogP) is 3.86. The van der Waals surface area contributed by atoms with Gasteiger partial charge in [-0.25, -0.2) is 4.79 Å². The number of benzene rings is 1. The van der Waals surface area contributed by atoms with E-state index in [0.717, 1.165) is 24.9 Å². The van der Waals surface area contributed by atoms with Crippen LogP contribution in [-0.4, -0.2) is 46.0 Å². The van der Waals surface area contributed by atoms with E-state index in [-0.39, 0.29) is 12.5 Å². The number of rotatable bonds is 13. The Bertz CT molecular complexity index is 549. The van der Waals surface area contributed by atoms with Crippen molar-refractivity contribution < 1.29 is 24.2 Å². The van der Waals surface area contributed by atoms with Crippen LogP contribution in [0, 0.1) is 0 Å². The SMILES string of the molecule is CCCCCCN(I)C(=O)COc1ccc(CC(OCC)C(=O)O)cc1. The second-order valence-corrected chi connectivity index (χ2v) is 7.12. The number of carboxylic acids is 1. The standard InChI is InChI=1S/C19H28INO5/c1-3-5-6-7-12-21(20)18(22)14-26-16-10-8-15(9-11-16)13-17(19(23)24)25-4-2/h8-11,17H,3-7,12-14H2,1-2H3,(H,23,24). The zero-order valence-electron chi connectivity index (χ0n) is 15.4. The number of ether oxygens (including phenoxy) is 2. The molecular formula is C19H28INO5. The molecule has 1 amide bonds. The van der Waals surface area contributed by atoms with E-state index in [0.29, 0.717) is 18.8 Å². The van der Waals surface area contributed by atoms with Gasteiger partial charge in [-0.15, -0.1) is 0 Å². The fourth-order valence-corrected chi connectivity index (χ4v) is 2.85. The Labute approximate surface area is 169 Å². The molecule has 1 aromatic rings. The molecule has 0 saturated heterocycles. The quantitative estimate of drug-likeness (QED) is 0.265. The molecule has 0 saturated carbocycles. The lowest BCUT2D eigenvalue weighted by Gasteiger charge is -2.15. The van der Waals surface area contributed by atoms with Gasteiger partial charge in [0.2, 0.25) is 0 Å².